The van der Waals surface area contributed by atoms with Crippen LogP contribution in [-0.2, 0) is 0 Å². The molecule has 2 aromatic carbocycles. The van der Waals surface area contributed by atoms with E-state index in [1.807, 2.05) is 48.3 Å². The number of aryl methyl sites for hydroxylation is 1. The fraction of sp³-hybridized carbons (Fsp3) is 0.208. The maximum absolute atomic E-state index is 13.4. The summed E-state index contributed by atoms with van der Waals surface area (Å²) in [6.07, 6.45) is 10.8. The molecule has 1 aliphatic rings. The van der Waals surface area contributed by atoms with Crippen LogP contribution in [-0.4, -0.2) is 44.9 Å². The molecular formula is C24H23FN6S. The van der Waals surface area contributed by atoms with E-state index in [0.29, 0.717) is 0 Å². The number of anilines is 1. The molecule has 0 bridgehead atoms. The highest BCUT2D eigenvalue weighted by atomic mass is 32.1. The predicted molar refractivity (Wildman–Crippen MR) is 129 cm³/mol. The number of amidine groups is 1. The summed E-state index contributed by atoms with van der Waals surface area (Å²) in [7, 11) is 1.99. The average Bonchev–Trinajstić information content (AvgIpc) is 3.41. The van der Waals surface area contributed by atoms with Crippen molar-refractivity contribution in [2.24, 2.45) is 4.99 Å². The summed E-state index contributed by atoms with van der Waals surface area (Å²) in [6.45, 7) is 3.55. The Labute approximate surface area is 190 Å². The van der Waals surface area contributed by atoms with Crippen LogP contribution in [0, 0.1) is 12.7 Å². The molecule has 0 saturated heterocycles. The lowest BCUT2D eigenvalue weighted by Gasteiger charge is -2.33. The van der Waals surface area contributed by atoms with Crippen molar-refractivity contribution in [1.29, 1.82) is 0 Å². The number of halogens is 1. The molecule has 3 heterocycles. The van der Waals surface area contributed by atoms with Gasteiger partial charge in [0.25, 0.3) is 0 Å². The van der Waals surface area contributed by atoms with Crippen molar-refractivity contribution < 1.29 is 4.39 Å². The van der Waals surface area contributed by atoms with Crippen molar-refractivity contribution in [3.8, 4) is 5.69 Å². The molecule has 0 unspecified atom stereocenters. The highest BCUT2D eigenvalue weighted by molar-refractivity contribution is 7.13. The zero-order chi connectivity index (χ0) is 22.1. The van der Waals surface area contributed by atoms with E-state index in [4.69, 9.17) is 4.99 Å². The monoisotopic (exact) mass is 446 g/mol. The van der Waals surface area contributed by atoms with Gasteiger partial charge in [-0.15, -0.1) is 0 Å². The van der Waals surface area contributed by atoms with Crippen LogP contribution in [0.5, 0.6) is 0 Å². The van der Waals surface area contributed by atoms with Gasteiger partial charge < -0.3 is 4.57 Å². The Morgan fingerprint density at radius 2 is 1.94 bits per heavy atom. The van der Waals surface area contributed by atoms with Crippen molar-refractivity contribution in [3.05, 3.63) is 78.3 Å². The van der Waals surface area contributed by atoms with Crippen LogP contribution in [0.4, 0.5) is 10.1 Å². The molecule has 0 fully saturated rings. The van der Waals surface area contributed by atoms with Crippen LogP contribution < -0.4 is 5.01 Å². The van der Waals surface area contributed by atoms with Crippen LogP contribution in [0.3, 0.4) is 0 Å². The normalized spacial score (nSPS) is 14.9. The molecular weight excluding hydrogens is 423 g/mol. The van der Waals surface area contributed by atoms with Gasteiger partial charge >= 0.3 is 0 Å². The molecule has 0 N–H and O–H groups in total. The number of hydrogen-bond donors (Lipinski definition) is 0. The van der Waals surface area contributed by atoms with Crippen LogP contribution in [0.1, 0.15) is 17.7 Å². The number of imidazole rings is 1. The smallest absolute Gasteiger partial charge is 0.142 e. The number of aromatic nitrogens is 3. The number of aliphatic imine (C=N–C) groups is 1. The quantitative estimate of drug-likeness (QED) is 0.438. The third-order valence-corrected chi connectivity index (χ3v) is 6.38. The standard InChI is InChI=1S/C24H23FN6S/c1-17-15-30(16-27-17)22-10-4-18(21-14-28-32-24(21)22)5-11-23-26-12-3-13-31(29(23)2)20-8-6-19(25)7-9-20/h4-11,14-16H,3,12-13H2,1-2H3/b11-5+. The van der Waals surface area contributed by atoms with Gasteiger partial charge in [0.15, 0.2) is 0 Å². The van der Waals surface area contributed by atoms with E-state index < -0.39 is 0 Å². The summed E-state index contributed by atoms with van der Waals surface area (Å²) in [6, 6.07) is 10.8. The first-order valence-electron chi connectivity index (χ1n) is 10.5. The summed E-state index contributed by atoms with van der Waals surface area (Å²) in [4.78, 5) is 9.11. The van der Waals surface area contributed by atoms with Crippen LogP contribution in [0.25, 0.3) is 21.8 Å². The SMILES string of the molecule is Cc1cn(-c2ccc(/C=C/C3=NCCCN(c4ccc(F)cc4)N3C)c3cnsc23)cn1. The van der Waals surface area contributed by atoms with Crippen LogP contribution in [0.2, 0.25) is 0 Å². The molecule has 0 saturated carbocycles. The van der Waals surface area contributed by atoms with E-state index in [1.54, 1.807) is 12.1 Å². The van der Waals surface area contributed by atoms with Crippen LogP contribution >= 0.6 is 11.5 Å². The molecule has 6 nitrogen and oxygen atoms in total. The lowest BCUT2D eigenvalue weighted by atomic mass is 10.1. The van der Waals surface area contributed by atoms with Gasteiger partial charge in [-0.1, -0.05) is 12.1 Å². The number of hydrazine groups is 1. The number of hydrogen-bond acceptors (Lipinski definition) is 6. The summed E-state index contributed by atoms with van der Waals surface area (Å²) >= 11 is 1.48. The van der Waals surface area contributed by atoms with Gasteiger partial charge in [-0.25, -0.2) is 9.37 Å². The van der Waals surface area contributed by atoms with Gasteiger partial charge in [0.1, 0.15) is 11.7 Å². The number of fused-ring (bicyclic) bond motifs is 1. The van der Waals surface area contributed by atoms with Crippen molar-refractivity contribution >= 4 is 39.2 Å². The number of likely N-dealkylation sites (N-methyl/N-ethyl adjacent to an activating group) is 1. The average molecular weight is 447 g/mol. The van der Waals surface area contributed by atoms with Crippen molar-refractivity contribution in [3.63, 3.8) is 0 Å². The molecule has 32 heavy (non-hydrogen) atoms. The second-order valence-corrected chi connectivity index (χ2v) is 8.52. The largest absolute Gasteiger partial charge is 0.305 e. The molecule has 162 valence electrons. The van der Waals surface area contributed by atoms with Gasteiger partial charge in [-0.3, -0.25) is 15.0 Å². The first kappa shape index (κ1) is 20.4. The second kappa shape index (κ2) is 8.55. The first-order chi connectivity index (χ1) is 15.6. The summed E-state index contributed by atoms with van der Waals surface area (Å²) in [5.74, 6) is 0.625. The molecule has 0 radical (unpaired) electrons. The van der Waals surface area contributed by atoms with E-state index in [1.165, 1.54) is 23.7 Å². The number of nitrogens with zero attached hydrogens (tertiary/aromatic N) is 6. The Hall–Kier alpha value is -3.52. The van der Waals surface area contributed by atoms with E-state index in [-0.39, 0.29) is 5.82 Å². The number of benzene rings is 2. The van der Waals surface area contributed by atoms with Crippen molar-refractivity contribution in [2.45, 2.75) is 13.3 Å². The molecule has 8 heteroatoms. The third-order valence-electron chi connectivity index (χ3n) is 5.56. The van der Waals surface area contributed by atoms with Crippen molar-refractivity contribution in [1.82, 2.24) is 18.9 Å². The Kier molecular flexibility index (Phi) is 5.45. The summed E-state index contributed by atoms with van der Waals surface area (Å²) in [5.41, 5.74) is 4.09. The summed E-state index contributed by atoms with van der Waals surface area (Å²) in [5, 5.41) is 5.26. The summed E-state index contributed by atoms with van der Waals surface area (Å²) < 4.78 is 21.0. The lowest BCUT2D eigenvalue weighted by molar-refractivity contribution is 0.464. The first-order valence-corrected chi connectivity index (χ1v) is 11.2. The van der Waals surface area contributed by atoms with Gasteiger partial charge in [0.2, 0.25) is 0 Å². The zero-order valence-corrected chi connectivity index (χ0v) is 18.8. The molecule has 1 aliphatic heterocycles. The highest BCUT2D eigenvalue weighted by Gasteiger charge is 2.18. The molecule has 0 amide bonds. The van der Waals surface area contributed by atoms with Crippen molar-refractivity contribution in [2.75, 3.05) is 25.1 Å². The van der Waals surface area contributed by atoms with Gasteiger partial charge in [-0.2, -0.15) is 4.37 Å². The van der Waals surface area contributed by atoms with E-state index >= 15 is 0 Å². The molecule has 0 spiro atoms. The van der Waals surface area contributed by atoms with E-state index in [2.05, 4.69) is 32.6 Å². The van der Waals surface area contributed by atoms with Gasteiger partial charge in [0.05, 0.1) is 28.1 Å². The van der Waals surface area contributed by atoms with Gasteiger partial charge in [-0.05, 0) is 66.8 Å². The zero-order valence-electron chi connectivity index (χ0n) is 17.9. The Morgan fingerprint density at radius 3 is 2.72 bits per heavy atom. The Balaban J connectivity index is 1.45. The Bertz CT molecular complexity index is 1300. The number of rotatable bonds is 4. The highest BCUT2D eigenvalue weighted by Crippen LogP contribution is 2.30. The minimum atomic E-state index is -0.234. The topological polar surface area (TPSA) is 49.6 Å². The van der Waals surface area contributed by atoms with Crippen LogP contribution in [0.15, 0.2) is 66.2 Å². The fourth-order valence-corrected chi connectivity index (χ4v) is 4.70. The molecule has 2 aromatic heterocycles. The minimum absolute atomic E-state index is 0.234. The fourth-order valence-electron chi connectivity index (χ4n) is 3.90. The van der Waals surface area contributed by atoms with E-state index in [9.17, 15) is 4.39 Å². The van der Waals surface area contributed by atoms with Gasteiger partial charge in [0, 0.05) is 37.9 Å². The molecule has 5 rings (SSSR count). The van der Waals surface area contributed by atoms with E-state index in [0.717, 1.165) is 58.1 Å². The predicted octanol–water partition coefficient (Wildman–Crippen LogP) is 5.10. The third kappa shape index (κ3) is 3.89. The lowest BCUT2D eigenvalue weighted by Crippen LogP contribution is -2.42. The minimum Gasteiger partial charge on any atom is -0.305 e. The maximum Gasteiger partial charge on any atom is 0.142 e. The molecule has 4 aromatic rings. The Morgan fingerprint density at radius 1 is 1.09 bits per heavy atom. The molecule has 0 aliphatic carbocycles. The maximum atomic E-state index is 13.4. The molecule has 0 atom stereocenters. The second-order valence-electron chi connectivity index (χ2n) is 7.71.